The Morgan fingerprint density at radius 3 is 2.44 bits per heavy atom. The summed E-state index contributed by atoms with van der Waals surface area (Å²) in [6.45, 7) is 1.89. The molecular weight excluding hydrogens is 340 g/mol. The van der Waals surface area contributed by atoms with Gasteiger partial charge in [0, 0.05) is 13.3 Å². The molecule has 3 rings (SSSR count). The fourth-order valence-corrected chi connectivity index (χ4v) is 3.25. The molecule has 1 aromatic heterocycles. The minimum atomic E-state index is -3.24. The molecule has 1 unspecified atom stereocenters. The van der Waals surface area contributed by atoms with Crippen molar-refractivity contribution in [3.05, 3.63) is 53.6 Å². The standard InChI is InChI=1S/C17H18N4O3S/c1-11(12-7-9-13(10-8-12)25(3,23)24)21(2)17(22)14-5-4-6-15-16(14)19-20-18-15/h4-11H,1-3H3,(H,18,19,20). The normalized spacial score (nSPS) is 12.9. The SMILES string of the molecule is CC(c1ccc(S(C)(=O)=O)cc1)N(C)C(=O)c1cccc2n[nH]nc12. The van der Waals surface area contributed by atoms with Crippen LogP contribution in [0.3, 0.4) is 0 Å². The number of amides is 1. The van der Waals surface area contributed by atoms with E-state index in [-0.39, 0.29) is 16.8 Å². The lowest BCUT2D eigenvalue weighted by Crippen LogP contribution is -2.29. The van der Waals surface area contributed by atoms with Crippen LogP contribution in [0.5, 0.6) is 0 Å². The second kappa shape index (κ2) is 6.29. The molecule has 1 amide bonds. The number of carbonyl (C=O) groups is 1. The molecule has 3 aromatic rings. The van der Waals surface area contributed by atoms with Crippen molar-refractivity contribution in [3.63, 3.8) is 0 Å². The van der Waals surface area contributed by atoms with Gasteiger partial charge >= 0.3 is 0 Å². The van der Waals surface area contributed by atoms with Crippen LogP contribution in [0.25, 0.3) is 11.0 Å². The van der Waals surface area contributed by atoms with Crippen LogP contribution < -0.4 is 0 Å². The molecule has 130 valence electrons. The smallest absolute Gasteiger partial charge is 0.256 e. The minimum Gasteiger partial charge on any atom is -0.335 e. The number of H-pyrrole nitrogens is 1. The lowest BCUT2D eigenvalue weighted by Gasteiger charge is -2.25. The van der Waals surface area contributed by atoms with Crippen LogP contribution in [0.15, 0.2) is 47.4 Å². The van der Waals surface area contributed by atoms with E-state index in [0.717, 1.165) is 5.56 Å². The third-order valence-electron chi connectivity index (χ3n) is 4.27. The molecule has 7 nitrogen and oxygen atoms in total. The zero-order valence-corrected chi connectivity index (χ0v) is 14.9. The Hall–Kier alpha value is -2.74. The van der Waals surface area contributed by atoms with E-state index in [0.29, 0.717) is 16.6 Å². The Kier molecular flexibility index (Phi) is 4.30. The minimum absolute atomic E-state index is 0.181. The highest BCUT2D eigenvalue weighted by Gasteiger charge is 2.22. The molecule has 25 heavy (non-hydrogen) atoms. The van der Waals surface area contributed by atoms with Gasteiger partial charge in [0.25, 0.3) is 5.91 Å². The summed E-state index contributed by atoms with van der Waals surface area (Å²) in [4.78, 5) is 14.7. The fourth-order valence-electron chi connectivity index (χ4n) is 2.62. The van der Waals surface area contributed by atoms with E-state index >= 15 is 0 Å². The van der Waals surface area contributed by atoms with Gasteiger partial charge in [0.15, 0.2) is 9.84 Å². The van der Waals surface area contributed by atoms with Gasteiger partial charge in [0.05, 0.1) is 16.5 Å². The van der Waals surface area contributed by atoms with Crippen LogP contribution in [0, 0.1) is 0 Å². The lowest BCUT2D eigenvalue weighted by atomic mass is 10.1. The van der Waals surface area contributed by atoms with E-state index in [4.69, 9.17) is 0 Å². The van der Waals surface area contributed by atoms with Crippen molar-refractivity contribution in [2.45, 2.75) is 17.9 Å². The summed E-state index contributed by atoms with van der Waals surface area (Å²) in [5.74, 6) is -0.181. The Balaban J connectivity index is 1.88. The molecule has 0 saturated carbocycles. The Morgan fingerprint density at radius 1 is 1.12 bits per heavy atom. The van der Waals surface area contributed by atoms with E-state index in [1.165, 1.54) is 6.26 Å². The van der Waals surface area contributed by atoms with Gasteiger partial charge in [0.2, 0.25) is 0 Å². The molecule has 0 aliphatic heterocycles. The van der Waals surface area contributed by atoms with Crippen molar-refractivity contribution in [2.75, 3.05) is 13.3 Å². The quantitative estimate of drug-likeness (QED) is 0.771. The summed E-state index contributed by atoms with van der Waals surface area (Å²) in [6.07, 6.45) is 1.17. The van der Waals surface area contributed by atoms with Crippen molar-refractivity contribution in [2.24, 2.45) is 0 Å². The number of benzene rings is 2. The number of rotatable bonds is 4. The van der Waals surface area contributed by atoms with E-state index in [1.807, 2.05) is 6.92 Å². The summed E-state index contributed by atoms with van der Waals surface area (Å²) in [5, 5.41) is 10.6. The summed E-state index contributed by atoms with van der Waals surface area (Å²) in [6, 6.07) is 11.6. The zero-order valence-electron chi connectivity index (χ0n) is 14.1. The van der Waals surface area contributed by atoms with Crippen LogP contribution in [0.4, 0.5) is 0 Å². The molecule has 0 aliphatic carbocycles. The molecule has 1 atom stereocenters. The maximum atomic E-state index is 12.8. The van der Waals surface area contributed by atoms with Crippen LogP contribution in [0.1, 0.15) is 28.9 Å². The number of nitrogens with zero attached hydrogens (tertiary/aromatic N) is 3. The summed E-state index contributed by atoms with van der Waals surface area (Å²) in [5.41, 5.74) is 2.47. The first-order valence-electron chi connectivity index (χ1n) is 7.65. The topological polar surface area (TPSA) is 96.0 Å². The number of aromatic amines is 1. The van der Waals surface area contributed by atoms with Gasteiger partial charge in [-0.3, -0.25) is 4.79 Å². The molecule has 2 aromatic carbocycles. The first-order chi connectivity index (χ1) is 11.8. The van der Waals surface area contributed by atoms with Gasteiger partial charge in [0.1, 0.15) is 11.0 Å². The number of aromatic nitrogens is 3. The van der Waals surface area contributed by atoms with Crippen LogP contribution >= 0.6 is 0 Å². The Morgan fingerprint density at radius 2 is 1.80 bits per heavy atom. The molecule has 0 aliphatic rings. The largest absolute Gasteiger partial charge is 0.335 e. The number of hydrogen-bond acceptors (Lipinski definition) is 5. The van der Waals surface area contributed by atoms with Crippen LogP contribution in [0.2, 0.25) is 0 Å². The van der Waals surface area contributed by atoms with Crippen molar-refractivity contribution in [3.8, 4) is 0 Å². The molecule has 1 heterocycles. The highest BCUT2D eigenvalue weighted by molar-refractivity contribution is 7.90. The summed E-state index contributed by atoms with van der Waals surface area (Å²) in [7, 11) is -1.54. The average molecular weight is 358 g/mol. The highest BCUT2D eigenvalue weighted by Crippen LogP contribution is 2.24. The third-order valence-corrected chi connectivity index (χ3v) is 5.40. The number of para-hydroxylation sites is 1. The van der Waals surface area contributed by atoms with Gasteiger partial charge < -0.3 is 4.90 Å². The number of sulfone groups is 1. The Bertz CT molecular complexity index is 1030. The second-order valence-electron chi connectivity index (χ2n) is 5.93. The number of carbonyl (C=O) groups excluding carboxylic acids is 1. The highest BCUT2D eigenvalue weighted by atomic mass is 32.2. The molecular formula is C17H18N4O3S. The maximum absolute atomic E-state index is 12.8. The van der Waals surface area contributed by atoms with Gasteiger partial charge in [-0.1, -0.05) is 18.2 Å². The first kappa shape index (κ1) is 17.1. The van der Waals surface area contributed by atoms with Crippen molar-refractivity contribution < 1.29 is 13.2 Å². The van der Waals surface area contributed by atoms with E-state index < -0.39 is 9.84 Å². The first-order valence-corrected chi connectivity index (χ1v) is 9.55. The molecule has 8 heteroatoms. The van der Waals surface area contributed by atoms with Crippen LogP contribution in [-0.4, -0.2) is 47.9 Å². The summed E-state index contributed by atoms with van der Waals surface area (Å²) >= 11 is 0. The molecule has 0 fully saturated rings. The van der Waals surface area contributed by atoms with Crippen LogP contribution in [-0.2, 0) is 9.84 Å². The summed E-state index contributed by atoms with van der Waals surface area (Å²) < 4.78 is 23.1. The van der Waals surface area contributed by atoms with Gasteiger partial charge in [-0.05, 0) is 36.8 Å². The van der Waals surface area contributed by atoms with Crippen molar-refractivity contribution >= 4 is 26.8 Å². The number of hydrogen-bond donors (Lipinski definition) is 1. The predicted molar refractivity (Wildman–Crippen MR) is 93.9 cm³/mol. The second-order valence-corrected chi connectivity index (χ2v) is 7.95. The van der Waals surface area contributed by atoms with Gasteiger partial charge in [-0.25, -0.2) is 8.42 Å². The molecule has 1 N–H and O–H groups in total. The monoisotopic (exact) mass is 358 g/mol. The lowest BCUT2D eigenvalue weighted by molar-refractivity contribution is 0.0744. The third kappa shape index (κ3) is 3.25. The number of nitrogens with one attached hydrogen (secondary N) is 1. The molecule has 0 radical (unpaired) electrons. The van der Waals surface area contributed by atoms with Crippen molar-refractivity contribution in [1.29, 1.82) is 0 Å². The maximum Gasteiger partial charge on any atom is 0.256 e. The number of fused-ring (bicyclic) bond motifs is 1. The van der Waals surface area contributed by atoms with E-state index in [9.17, 15) is 13.2 Å². The fraction of sp³-hybridized carbons (Fsp3) is 0.235. The van der Waals surface area contributed by atoms with E-state index in [2.05, 4.69) is 15.4 Å². The molecule has 0 saturated heterocycles. The Labute approximate surface area is 145 Å². The molecule has 0 bridgehead atoms. The molecule has 0 spiro atoms. The van der Waals surface area contributed by atoms with Crippen molar-refractivity contribution in [1.82, 2.24) is 20.3 Å². The average Bonchev–Trinajstić information content (AvgIpc) is 3.08. The van der Waals surface area contributed by atoms with Gasteiger partial charge in [-0.15, -0.1) is 0 Å². The predicted octanol–water partition coefficient (Wildman–Crippen LogP) is 2.19. The zero-order chi connectivity index (χ0) is 18.2. The van der Waals surface area contributed by atoms with Gasteiger partial charge in [-0.2, -0.15) is 15.4 Å². The van der Waals surface area contributed by atoms with E-state index in [1.54, 1.807) is 54.4 Å².